The highest BCUT2D eigenvalue weighted by Gasteiger charge is 2.23. The van der Waals surface area contributed by atoms with Crippen LogP contribution in [-0.2, 0) is 4.79 Å². The molecule has 1 N–H and O–H groups in total. The minimum absolute atomic E-state index is 0.131. The number of hydrogen-bond acceptors (Lipinski definition) is 5. The van der Waals surface area contributed by atoms with Gasteiger partial charge in [-0.2, -0.15) is 0 Å². The van der Waals surface area contributed by atoms with Crippen molar-refractivity contribution in [1.82, 2.24) is 14.5 Å². The number of carbonyl (C=O) groups excluding carboxylic acids is 2. The highest BCUT2D eigenvalue weighted by Crippen LogP contribution is 2.25. The molecule has 4 aromatic rings. The Morgan fingerprint density at radius 3 is 2.43 bits per heavy atom. The number of imidazole rings is 1. The van der Waals surface area contributed by atoms with Crippen molar-refractivity contribution in [2.75, 3.05) is 25.5 Å². The SMILES string of the molecule is COc1ccc(-n2cc(-c3ccccc3)nc2NC(=O)CN(CC(C)C)C(=O)c2ccco2)cc1. The number of benzene rings is 2. The van der Waals surface area contributed by atoms with Crippen molar-refractivity contribution in [2.24, 2.45) is 5.92 Å². The number of nitrogens with one attached hydrogen (secondary N) is 1. The number of furan rings is 1. The molecule has 180 valence electrons. The number of methoxy groups -OCH3 is 1. The number of carbonyl (C=O) groups is 2. The van der Waals surface area contributed by atoms with Crippen molar-refractivity contribution in [3.63, 3.8) is 0 Å². The van der Waals surface area contributed by atoms with E-state index in [0.29, 0.717) is 18.2 Å². The van der Waals surface area contributed by atoms with Gasteiger partial charge >= 0.3 is 0 Å². The molecule has 0 atom stereocenters. The van der Waals surface area contributed by atoms with Crippen LogP contribution < -0.4 is 10.1 Å². The molecule has 2 aromatic carbocycles. The van der Waals surface area contributed by atoms with Crippen LogP contribution in [0.15, 0.2) is 83.6 Å². The van der Waals surface area contributed by atoms with Crippen molar-refractivity contribution in [1.29, 1.82) is 0 Å². The predicted molar refractivity (Wildman–Crippen MR) is 134 cm³/mol. The second kappa shape index (κ2) is 10.7. The van der Waals surface area contributed by atoms with Crippen molar-refractivity contribution >= 4 is 17.8 Å². The van der Waals surface area contributed by atoms with Gasteiger partial charge in [0, 0.05) is 24.0 Å². The lowest BCUT2D eigenvalue weighted by molar-refractivity contribution is -0.117. The van der Waals surface area contributed by atoms with Crippen LogP contribution in [0.4, 0.5) is 5.95 Å². The topological polar surface area (TPSA) is 89.6 Å². The third kappa shape index (κ3) is 5.78. The van der Waals surface area contributed by atoms with Crippen LogP contribution in [0, 0.1) is 5.92 Å². The molecule has 0 spiro atoms. The van der Waals surface area contributed by atoms with E-state index in [1.54, 1.807) is 23.8 Å². The first kappa shape index (κ1) is 23.8. The summed E-state index contributed by atoms with van der Waals surface area (Å²) in [7, 11) is 1.61. The molecule has 0 saturated carbocycles. The summed E-state index contributed by atoms with van der Waals surface area (Å²) in [6, 6.07) is 20.4. The molecule has 35 heavy (non-hydrogen) atoms. The van der Waals surface area contributed by atoms with E-state index in [2.05, 4.69) is 10.3 Å². The number of amides is 2. The Hall–Kier alpha value is -4.33. The van der Waals surface area contributed by atoms with E-state index < -0.39 is 0 Å². The zero-order chi connectivity index (χ0) is 24.8. The van der Waals surface area contributed by atoms with Gasteiger partial charge in [0.25, 0.3) is 5.91 Å². The highest BCUT2D eigenvalue weighted by atomic mass is 16.5. The first-order valence-corrected chi connectivity index (χ1v) is 11.4. The summed E-state index contributed by atoms with van der Waals surface area (Å²) in [4.78, 5) is 32.1. The van der Waals surface area contributed by atoms with Gasteiger partial charge in [0.1, 0.15) is 12.3 Å². The summed E-state index contributed by atoms with van der Waals surface area (Å²) in [5, 5.41) is 2.89. The molecule has 0 radical (unpaired) electrons. The van der Waals surface area contributed by atoms with Crippen LogP contribution in [0.2, 0.25) is 0 Å². The smallest absolute Gasteiger partial charge is 0.290 e. The lowest BCUT2D eigenvalue weighted by atomic mass is 10.2. The molecule has 8 heteroatoms. The Bertz CT molecular complexity index is 1260. The van der Waals surface area contributed by atoms with Crippen molar-refractivity contribution in [2.45, 2.75) is 13.8 Å². The Morgan fingerprint density at radius 2 is 1.80 bits per heavy atom. The summed E-state index contributed by atoms with van der Waals surface area (Å²) in [5.74, 6) is 0.766. The van der Waals surface area contributed by atoms with Crippen LogP contribution in [0.3, 0.4) is 0 Å². The Morgan fingerprint density at radius 1 is 1.06 bits per heavy atom. The average molecular weight is 473 g/mol. The van der Waals surface area contributed by atoms with E-state index in [0.717, 1.165) is 17.0 Å². The second-order valence-electron chi connectivity index (χ2n) is 8.49. The third-order valence-corrected chi connectivity index (χ3v) is 5.32. The number of rotatable bonds is 9. The monoisotopic (exact) mass is 472 g/mol. The van der Waals surface area contributed by atoms with E-state index in [9.17, 15) is 9.59 Å². The zero-order valence-corrected chi connectivity index (χ0v) is 20.0. The number of hydrogen-bond donors (Lipinski definition) is 1. The summed E-state index contributed by atoms with van der Waals surface area (Å²) in [5.41, 5.74) is 2.44. The molecule has 2 aromatic heterocycles. The van der Waals surface area contributed by atoms with E-state index in [1.165, 1.54) is 11.2 Å². The lowest BCUT2D eigenvalue weighted by Crippen LogP contribution is -2.40. The summed E-state index contributed by atoms with van der Waals surface area (Å²) in [6.07, 6.45) is 3.31. The van der Waals surface area contributed by atoms with Gasteiger partial charge in [0.15, 0.2) is 5.76 Å². The molecule has 2 amide bonds. The molecule has 0 bridgehead atoms. The van der Waals surface area contributed by atoms with Crippen LogP contribution in [-0.4, -0.2) is 46.5 Å². The second-order valence-corrected chi connectivity index (χ2v) is 8.49. The zero-order valence-electron chi connectivity index (χ0n) is 20.0. The molecule has 0 aliphatic carbocycles. The maximum atomic E-state index is 13.1. The van der Waals surface area contributed by atoms with Crippen molar-refractivity contribution in [3.05, 3.63) is 85.0 Å². The van der Waals surface area contributed by atoms with Gasteiger partial charge in [-0.05, 0) is 42.3 Å². The van der Waals surface area contributed by atoms with Crippen molar-refractivity contribution in [3.8, 4) is 22.7 Å². The van der Waals surface area contributed by atoms with Crippen LogP contribution in [0.5, 0.6) is 5.75 Å². The number of nitrogens with zero attached hydrogens (tertiary/aromatic N) is 3. The fraction of sp³-hybridized carbons (Fsp3) is 0.222. The minimum Gasteiger partial charge on any atom is -0.497 e. The maximum absolute atomic E-state index is 13.1. The molecule has 4 rings (SSSR count). The van der Waals surface area contributed by atoms with Gasteiger partial charge in [-0.15, -0.1) is 0 Å². The fourth-order valence-corrected chi connectivity index (χ4v) is 3.71. The largest absolute Gasteiger partial charge is 0.497 e. The number of anilines is 1. The van der Waals surface area contributed by atoms with Gasteiger partial charge in [0.2, 0.25) is 11.9 Å². The van der Waals surface area contributed by atoms with Crippen LogP contribution in [0.25, 0.3) is 16.9 Å². The standard InChI is InChI=1S/C27H28N4O4/c1-19(2)16-30(26(33)24-10-7-15-35-24)18-25(32)29-27-28-23(20-8-5-4-6-9-20)17-31(27)21-11-13-22(34-3)14-12-21/h4-15,17,19H,16,18H2,1-3H3,(H,28,29,32). The maximum Gasteiger partial charge on any atom is 0.290 e. The van der Waals surface area contributed by atoms with Crippen LogP contribution >= 0.6 is 0 Å². The van der Waals surface area contributed by atoms with E-state index in [1.807, 2.05) is 74.6 Å². The third-order valence-electron chi connectivity index (χ3n) is 5.32. The van der Waals surface area contributed by atoms with Gasteiger partial charge in [0.05, 0.1) is 19.1 Å². The van der Waals surface area contributed by atoms with Gasteiger partial charge in [-0.1, -0.05) is 44.2 Å². The quantitative estimate of drug-likeness (QED) is 0.375. The molecular formula is C27H28N4O4. The number of aromatic nitrogens is 2. The molecule has 0 fully saturated rings. The molecule has 8 nitrogen and oxygen atoms in total. The van der Waals surface area contributed by atoms with Crippen LogP contribution in [0.1, 0.15) is 24.4 Å². The average Bonchev–Trinajstić information content (AvgIpc) is 3.54. The molecular weight excluding hydrogens is 444 g/mol. The molecule has 2 heterocycles. The predicted octanol–water partition coefficient (Wildman–Crippen LogP) is 4.88. The molecule has 0 aliphatic rings. The Labute approximate surface area is 204 Å². The first-order chi connectivity index (χ1) is 16.9. The first-order valence-electron chi connectivity index (χ1n) is 11.4. The summed E-state index contributed by atoms with van der Waals surface area (Å²) in [6.45, 7) is 4.26. The fourth-order valence-electron chi connectivity index (χ4n) is 3.71. The molecule has 0 unspecified atom stereocenters. The normalized spacial score (nSPS) is 10.9. The Kier molecular flexibility index (Phi) is 7.30. The van der Waals surface area contributed by atoms with E-state index in [-0.39, 0.29) is 30.0 Å². The number of ether oxygens (including phenoxy) is 1. The van der Waals surface area contributed by atoms with Crippen molar-refractivity contribution < 1.29 is 18.7 Å². The highest BCUT2D eigenvalue weighted by molar-refractivity contribution is 5.97. The summed E-state index contributed by atoms with van der Waals surface area (Å²) >= 11 is 0. The minimum atomic E-state index is -0.356. The summed E-state index contributed by atoms with van der Waals surface area (Å²) < 4.78 is 12.3. The van der Waals surface area contributed by atoms with Gasteiger partial charge < -0.3 is 14.1 Å². The molecule has 0 aliphatic heterocycles. The van der Waals surface area contributed by atoms with Gasteiger partial charge in [-0.25, -0.2) is 4.98 Å². The molecule has 0 saturated heterocycles. The van der Waals surface area contributed by atoms with E-state index >= 15 is 0 Å². The van der Waals surface area contributed by atoms with E-state index in [4.69, 9.17) is 9.15 Å². The van der Waals surface area contributed by atoms with Gasteiger partial charge in [-0.3, -0.25) is 19.5 Å². The Balaban J connectivity index is 1.61. The lowest BCUT2D eigenvalue weighted by Gasteiger charge is -2.23.